The molecular formula is C18H28N4O3. The Hall–Kier alpha value is -2.18. The van der Waals surface area contributed by atoms with Gasteiger partial charge >= 0.3 is 6.09 Å². The number of carbonyl (C=O) groups is 2. The molecule has 1 aromatic heterocycles. The molecule has 2 amide bonds. The van der Waals surface area contributed by atoms with Crippen molar-refractivity contribution in [1.29, 1.82) is 0 Å². The summed E-state index contributed by atoms with van der Waals surface area (Å²) in [5.74, 6) is -0.103. The summed E-state index contributed by atoms with van der Waals surface area (Å²) in [6, 6.07) is 0. The largest absolute Gasteiger partial charge is 0.444 e. The summed E-state index contributed by atoms with van der Waals surface area (Å²) >= 11 is 0. The van der Waals surface area contributed by atoms with Crippen LogP contribution in [0.1, 0.15) is 56.9 Å². The molecule has 0 fully saturated rings. The number of hydrogen-bond donors (Lipinski definition) is 2. The minimum Gasteiger partial charge on any atom is -0.444 e. The van der Waals surface area contributed by atoms with Crippen molar-refractivity contribution < 1.29 is 14.3 Å². The molecule has 0 spiro atoms. The van der Waals surface area contributed by atoms with Gasteiger partial charge in [-0.15, -0.1) is 0 Å². The molecule has 1 aliphatic carbocycles. The van der Waals surface area contributed by atoms with Gasteiger partial charge < -0.3 is 15.4 Å². The van der Waals surface area contributed by atoms with Crippen molar-refractivity contribution in [3.8, 4) is 0 Å². The summed E-state index contributed by atoms with van der Waals surface area (Å²) in [4.78, 5) is 23.3. The first-order valence-corrected chi connectivity index (χ1v) is 8.91. The smallest absolute Gasteiger partial charge is 0.407 e. The number of fused-ring (bicyclic) bond motifs is 1. The third kappa shape index (κ3) is 6.68. The predicted octanol–water partition coefficient (Wildman–Crippen LogP) is 1.93. The zero-order valence-corrected chi connectivity index (χ0v) is 15.4. The van der Waals surface area contributed by atoms with E-state index < -0.39 is 11.7 Å². The number of nitrogens with zero attached hydrogens (tertiary/aromatic N) is 2. The number of alkyl carbamates (subject to hydrolysis) is 1. The predicted molar refractivity (Wildman–Crippen MR) is 94.2 cm³/mol. The van der Waals surface area contributed by atoms with Crippen molar-refractivity contribution in [3.05, 3.63) is 23.0 Å². The van der Waals surface area contributed by atoms with Crippen molar-refractivity contribution in [2.24, 2.45) is 0 Å². The Labute approximate surface area is 148 Å². The molecule has 0 atom stereocenters. The Morgan fingerprint density at radius 1 is 1.16 bits per heavy atom. The molecule has 25 heavy (non-hydrogen) atoms. The topological polar surface area (TPSA) is 93.2 Å². The number of carbonyl (C=O) groups excluding carboxylic acids is 2. The molecule has 0 saturated carbocycles. The molecule has 0 saturated heterocycles. The third-order valence-electron chi connectivity index (χ3n) is 3.96. The van der Waals surface area contributed by atoms with Crippen LogP contribution in [0, 0.1) is 0 Å². The third-order valence-corrected chi connectivity index (χ3v) is 3.96. The lowest BCUT2D eigenvalue weighted by molar-refractivity contribution is -0.120. The molecule has 1 heterocycles. The molecule has 0 bridgehead atoms. The standard InChI is InChI=1S/C18H28N4O3/c1-18(2,3)25-17(24)20-11-9-16(23)19-10-8-15-14-7-5-4-6-13(14)12-21-22-15/h12H,4-11H2,1-3H3,(H,19,23)(H,20,24). The zero-order valence-electron chi connectivity index (χ0n) is 15.4. The fraction of sp³-hybridized carbons (Fsp3) is 0.667. The molecule has 7 heteroatoms. The van der Waals surface area contributed by atoms with E-state index in [9.17, 15) is 9.59 Å². The zero-order chi connectivity index (χ0) is 18.3. The van der Waals surface area contributed by atoms with E-state index in [1.807, 2.05) is 6.20 Å². The van der Waals surface area contributed by atoms with Crippen LogP contribution in [-0.2, 0) is 28.8 Å². The van der Waals surface area contributed by atoms with Crippen LogP contribution in [0.5, 0.6) is 0 Å². The Morgan fingerprint density at radius 2 is 1.92 bits per heavy atom. The number of ether oxygens (including phenoxy) is 1. The van der Waals surface area contributed by atoms with Gasteiger partial charge in [0.15, 0.2) is 0 Å². The number of nitrogens with one attached hydrogen (secondary N) is 2. The Morgan fingerprint density at radius 3 is 2.68 bits per heavy atom. The van der Waals surface area contributed by atoms with Crippen LogP contribution in [0.3, 0.4) is 0 Å². The Balaban J connectivity index is 1.67. The minimum absolute atomic E-state index is 0.103. The number of amides is 2. The first-order valence-electron chi connectivity index (χ1n) is 8.91. The summed E-state index contributed by atoms with van der Waals surface area (Å²) in [6.45, 7) is 6.16. The lowest BCUT2D eigenvalue weighted by Crippen LogP contribution is -2.35. The van der Waals surface area contributed by atoms with Gasteiger partial charge in [-0.05, 0) is 57.6 Å². The van der Waals surface area contributed by atoms with E-state index in [4.69, 9.17) is 4.74 Å². The highest BCUT2D eigenvalue weighted by molar-refractivity contribution is 5.77. The van der Waals surface area contributed by atoms with Gasteiger partial charge in [0.2, 0.25) is 5.91 Å². The van der Waals surface area contributed by atoms with Crippen molar-refractivity contribution in [1.82, 2.24) is 20.8 Å². The maximum Gasteiger partial charge on any atom is 0.407 e. The Kier molecular flexibility index (Phi) is 6.73. The quantitative estimate of drug-likeness (QED) is 0.819. The Bertz CT molecular complexity index is 611. The van der Waals surface area contributed by atoms with Crippen molar-refractivity contribution >= 4 is 12.0 Å². The first kappa shape index (κ1) is 19.1. The van der Waals surface area contributed by atoms with Crippen molar-refractivity contribution in [2.75, 3.05) is 13.1 Å². The van der Waals surface area contributed by atoms with Crippen molar-refractivity contribution in [3.63, 3.8) is 0 Å². The van der Waals surface area contributed by atoms with E-state index in [0.29, 0.717) is 13.0 Å². The maximum atomic E-state index is 11.8. The normalized spacial score (nSPS) is 13.7. The second-order valence-corrected chi connectivity index (χ2v) is 7.28. The lowest BCUT2D eigenvalue weighted by atomic mass is 9.91. The SMILES string of the molecule is CC(C)(C)OC(=O)NCCC(=O)NCCc1nncc2c1CCCC2. The number of aromatic nitrogens is 2. The van der Waals surface area contributed by atoms with Gasteiger partial charge in [-0.25, -0.2) is 4.79 Å². The van der Waals surface area contributed by atoms with Gasteiger partial charge in [-0.1, -0.05) is 0 Å². The van der Waals surface area contributed by atoms with E-state index >= 15 is 0 Å². The number of hydrogen-bond acceptors (Lipinski definition) is 5. The van der Waals surface area contributed by atoms with Crippen LogP contribution in [0.4, 0.5) is 4.79 Å². The van der Waals surface area contributed by atoms with Gasteiger partial charge in [0, 0.05) is 25.9 Å². The van der Waals surface area contributed by atoms with E-state index in [1.54, 1.807) is 20.8 Å². The molecule has 0 radical (unpaired) electrons. The summed E-state index contributed by atoms with van der Waals surface area (Å²) in [6.07, 6.45) is 6.77. The molecule has 138 valence electrons. The highest BCUT2D eigenvalue weighted by atomic mass is 16.6. The fourth-order valence-electron chi connectivity index (χ4n) is 2.83. The van der Waals surface area contributed by atoms with Gasteiger partial charge in [0.25, 0.3) is 0 Å². The molecule has 0 aliphatic heterocycles. The molecule has 1 aliphatic rings. The molecule has 7 nitrogen and oxygen atoms in total. The van der Waals surface area contributed by atoms with Crippen molar-refractivity contribution in [2.45, 2.75) is 64.9 Å². The van der Waals surface area contributed by atoms with Crippen LogP contribution in [-0.4, -0.2) is 40.9 Å². The second-order valence-electron chi connectivity index (χ2n) is 7.28. The van der Waals surface area contributed by atoms with Gasteiger partial charge in [-0.3, -0.25) is 4.79 Å². The van der Waals surface area contributed by atoms with E-state index in [1.165, 1.54) is 24.0 Å². The van der Waals surface area contributed by atoms with E-state index in [2.05, 4.69) is 20.8 Å². The summed E-state index contributed by atoms with van der Waals surface area (Å²) in [7, 11) is 0. The number of rotatable bonds is 6. The number of aryl methyl sites for hydroxylation is 1. The van der Waals surface area contributed by atoms with E-state index in [-0.39, 0.29) is 18.9 Å². The van der Waals surface area contributed by atoms with Crippen LogP contribution < -0.4 is 10.6 Å². The molecule has 0 aromatic carbocycles. The van der Waals surface area contributed by atoms with Crippen LogP contribution >= 0.6 is 0 Å². The van der Waals surface area contributed by atoms with Crippen LogP contribution in [0.25, 0.3) is 0 Å². The fourth-order valence-corrected chi connectivity index (χ4v) is 2.83. The summed E-state index contributed by atoms with van der Waals surface area (Å²) < 4.78 is 5.11. The van der Waals surface area contributed by atoms with Crippen LogP contribution in [0.2, 0.25) is 0 Å². The van der Waals surface area contributed by atoms with Gasteiger partial charge in [0.05, 0.1) is 11.9 Å². The minimum atomic E-state index is -0.539. The molecule has 0 unspecified atom stereocenters. The van der Waals surface area contributed by atoms with E-state index in [0.717, 1.165) is 18.5 Å². The molecule has 2 rings (SSSR count). The second kappa shape index (κ2) is 8.78. The molecular weight excluding hydrogens is 320 g/mol. The molecule has 2 N–H and O–H groups in total. The maximum absolute atomic E-state index is 11.8. The summed E-state index contributed by atoms with van der Waals surface area (Å²) in [5, 5.41) is 13.7. The van der Waals surface area contributed by atoms with Crippen LogP contribution in [0.15, 0.2) is 6.20 Å². The monoisotopic (exact) mass is 348 g/mol. The summed E-state index contributed by atoms with van der Waals surface area (Å²) in [5.41, 5.74) is 3.05. The highest BCUT2D eigenvalue weighted by Crippen LogP contribution is 2.22. The van der Waals surface area contributed by atoms with Gasteiger partial charge in [-0.2, -0.15) is 10.2 Å². The average Bonchev–Trinajstić information content (AvgIpc) is 2.53. The van der Waals surface area contributed by atoms with Gasteiger partial charge in [0.1, 0.15) is 5.60 Å². The average molecular weight is 348 g/mol. The highest BCUT2D eigenvalue weighted by Gasteiger charge is 2.16. The first-order chi connectivity index (χ1) is 11.8. The lowest BCUT2D eigenvalue weighted by Gasteiger charge is -2.19. The molecule has 1 aromatic rings.